The van der Waals surface area contributed by atoms with Gasteiger partial charge in [-0.05, 0) is 40.6 Å². The molecule has 0 aliphatic heterocycles. The first-order chi connectivity index (χ1) is 14.1. The molecule has 146 valence electrons. The number of fused-ring (bicyclic) bond motifs is 3. The summed E-state index contributed by atoms with van der Waals surface area (Å²) in [6.45, 7) is 0.170. The molecule has 1 amide bonds. The largest absolute Gasteiger partial charge is 0.478 e. The monoisotopic (exact) mass is 405 g/mol. The fourth-order valence-corrected chi connectivity index (χ4v) is 4.32. The predicted molar refractivity (Wildman–Crippen MR) is 114 cm³/mol. The Bertz CT molecular complexity index is 1050. The van der Waals surface area contributed by atoms with E-state index >= 15 is 0 Å². The molecule has 0 heterocycles. The summed E-state index contributed by atoms with van der Waals surface area (Å²) >= 11 is 1.36. The van der Waals surface area contributed by atoms with Crippen LogP contribution >= 0.6 is 11.8 Å². The number of benzene rings is 3. The van der Waals surface area contributed by atoms with Crippen molar-refractivity contribution in [2.75, 3.05) is 18.2 Å². The lowest BCUT2D eigenvalue weighted by Gasteiger charge is -2.16. The van der Waals surface area contributed by atoms with E-state index in [-0.39, 0.29) is 23.8 Å². The van der Waals surface area contributed by atoms with Gasteiger partial charge in [0, 0.05) is 10.8 Å². The Morgan fingerprint density at radius 1 is 0.966 bits per heavy atom. The van der Waals surface area contributed by atoms with Crippen molar-refractivity contribution in [2.45, 2.75) is 10.8 Å². The summed E-state index contributed by atoms with van der Waals surface area (Å²) in [6.07, 6.45) is 1.15. The lowest BCUT2D eigenvalue weighted by molar-refractivity contribution is 0.0698. The lowest BCUT2D eigenvalue weighted by Crippen LogP contribution is -2.19. The van der Waals surface area contributed by atoms with Crippen LogP contribution in [0.5, 0.6) is 0 Å². The predicted octanol–water partition coefficient (Wildman–Crippen LogP) is 5.47. The number of amides is 1. The molecule has 0 bridgehead atoms. The molecule has 0 atom stereocenters. The molecule has 0 aromatic heterocycles. The zero-order valence-electron chi connectivity index (χ0n) is 15.7. The van der Waals surface area contributed by atoms with Crippen LogP contribution in [0.1, 0.15) is 27.4 Å². The van der Waals surface area contributed by atoms with E-state index in [9.17, 15) is 14.7 Å². The van der Waals surface area contributed by atoms with Crippen molar-refractivity contribution in [1.29, 1.82) is 0 Å². The van der Waals surface area contributed by atoms with E-state index in [0.717, 1.165) is 22.3 Å². The number of thioether (sulfide) groups is 1. The van der Waals surface area contributed by atoms with Crippen molar-refractivity contribution in [1.82, 2.24) is 0 Å². The fraction of sp³-hybridized carbons (Fsp3) is 0.130. The van der Waals surface area contributed by atoms with Crippen molar-refractivity contribution in [2.24, 2.45) is 0 Å². The van der Waals surface area contributed by atoms with Gasteiger partial charge in [-0.1, -0.05) is 54.6 Å². The summed E-state index contributed by atoms with van der Waals surface area (Å²) in [5.74, 6) is -1.15. The van der Waals surface area contributed by atoms with Gasteiger partial charge >= 0.3 is 12.1 Å². The Labute approximate surface area is 172 Å². The average molecular weight is 405 g/mol. The van der Waals surface area contributed by atoms with E-state index in [1.807, 2.05) is 42.7 Å². The number of hydrogen-bond acceptors (Lipinski definition) is 4. The Kier molecular flexibility index (Phi) is 5.27. The number of rotatable bonds is 5. The summed E-state index contributed by atoms with van der Waals surface area (Å²) in [5.41, 5.74) is 4.83. The number of ether oxygens (including phenoxy) is 1. The highest BCUT2D eigenvalue weighted by molar-refractivity contribution is 7.98. The van der Waals surface area contributed by atoms with E-state index < -0.39 is 12.1 Å². The Morgan fingerprint density at radius 2 is 1.59 bits per heavy atom. The second-order valence-electron chi connectivity index (χ2n) is 6.64. The molecule has 0 unspecified atom stereocenters. The highest BCUT2D eigenvalue weighted by Gasteiger charge is 2.29. The number of carboxylic acid groups (broad SMARTS) is 1. The normalized spacial score (nSPS) is 12.2. The number of carboxylic acids is 1. The zero-order chi connectivity index (χ0) is 20.4. The van der Waals surface area contributed by atoms with Gasteiger partial charge in [0.15, 0.2) is 0 Å². The van der Waals surface area contributed by atoms with Crippen LogP contribution in [-0.2, 0) is 4.74 Å². The van der Waals surface area contributed by atoms with Gasteiger partial charge in [-0.15, -0.1) is 11.8 Å². The second kappa shape index (κ2) is 8.01. The molecular weight excluding hydrogens is 386 g/mol. The van der Waals surface area contributed by atoms with Crippen LogP contribution in [-0.4, -0.2) is 30.0 Å². The van der Waals surface area contributed by atoms with Gasteiger partial charge in [0.1, 0.15) is 6.61 Å². The Balaban J connectivity index is 1.54. The van der Waals surface area contributed by atoms with E-state index in [1.165, 1.54) is 17.8 Å². The number of carbonyl (C=O) groups is 2. The lowest BCUT2D eigenvalue weighted by atomic mass is 9.98. The summed E-state index contributed by atoms with van der Waals surface area (Å²) in [6, 6.07) is 21.1. The van der Waals surface area contributed by atoms with Crippen LogP contribution in [0.3, 0.4) is 0 Å². The average Bonchev–Trinajstić information content (AvgIpc) is 3.06. The third-order valence-corrected chi connectivity index (χ3v) is 5.83. The van der Waals surface area contributed by atoms with Gasteiger partial charge in [0.05, 0.1) is 11.3 Å². The summed E-state index contributed by atoms with van der Waals surface area (Å²) in [5, 5.41) is 12.0. The van der Waals surface area contributed by atoms with E-state index in [2.05, 4.69) is 17.4 Å². The molecule has 6 heteroatoms. The van der Waals surface area contributed by atoms with Crippen molar-refractivity contribution >= 4 is 29.5 Å². The molecular formula is C23H19NO4S. The van der Waals surface area contributed by atoms with Crippen LogP contribution in [0.4, 0.5) is 10.5 Å². The van der Waals surface area contributed by atoms with Crippen LogP contribution in [0.25, 0.3) is 11.1 Å². The maximum atomic E-state index is 12.5. The first kappa shape index (κ1) is 19.1. The standard InChI is InChI=1S/C23H19NO4S/c1-29-20-12-6-11-18(22(25)26)21(20)24-23(27)28-13-19-16-9-4-2-7-14(16)15-8-3-5-10-17(15)19/h2-12,19H,13H2,1H3,(H,24,27)(H,25,26). The van der Waals surface area contributed by atoms with Crippen molar-refractivity contribution in [3.63, 3.8) is 0 Å². The molecule has 4 rings (SSSR count). The van der Waals surface area contributed by atoms with Gasteiger partial charge in [0.25, 0.3) is 0 Å². The quantitative estimate of drug-likeness (QED) is 0.551. The highest BCUT2D eigenvalue weighted by atomic mass is 32.2. The molecule has 5 nitrogen and oxygen atoms in total. The highest BCUT2D eigenvalue weighted by Crippen LogP contribution is 2.44. The smallest absolute Gasteiger partial charge is 0.411 e. The second-order valence-corrected chi connectivity index (χ2v) is 7.49. The summed E-state index contributed by atoms with van der Waals surface area (Å²) < 4.78 is 5.53. The van der Waals surface area contributed by atoms with Crippen LogP contribution in [0, 0.1) is 0 Å². The Morgan fingerprint density at radius 3 is 2.17 bits per heavy atom. The molecule has 0 spiro atoms. The number of nitrogens with one attached hydrogen (secondary N) is 1. The van der Waals surface area contributed by atoms with Gasteiger partial charge in [-0.25, -0.2) is 9.59 Å². The Hall–Kier alpha value is -3.25. The third kappa shape index (κ3) is 3.59. The van der Waals surface area contributed by atoms with Gasteiger partial charge < -0.3 is 9.84 Å². The topological polar surface area (TPSA) is 75.6 Å². The third-order valence-electron chi connectivity index (χ3n) is 5.05. The molecule has 3 aromatic rings. The number of para-hydroxylation sites is 1. The molecule has 2 N–H and O–H groups in total. The first-order valence-electron chi connectivity index (χ1n) is 9.12. The minimum atomic E-state index is -1.10. The van der Waals surface area contributed by atoms with Crippen molar-refractivity contribution in [3.05, 3.63) is 83.4 Å². The van der Waals surface area contributed by atoms with Crippen LogP contribution in [0.15, 0.2) is 71.6 Å². The maximum absolute atomic E-state index is 12.5. The molecule has 1 aliphatic carbocycles. The maximum Gasteiger partial charge on any atom is 0.411 e. The molecule has 3 aromatic carbocycles. The molecule has 0 radical (unpaired) electrons. The minimum Gasteiger partial charge on any atom is -0.478 e. The van der Waals surface area contributed by atoms with E-state index in [4.69, 9.17) is 4.74 Å². The van der Waals surface area contributed by atoms with Crippen LogP contribution in [0.2, 0.25) is 0 Å². The molecule has 0 saturated heterocycles. The molecule has 0 fully saturated rings. The summed E-state index contributed by atoms with van der Waals surface area (Å²) in [4.78, 5) is 24.7. The summed E-state index contributed by atoms with van der Waals surface area (Å²) in [7, 11) is 0. The SMILES string of the molecule is CSc1cccc(C(=O)O)c1NC(=O)OCC1c2ccccc2-c2ccccc21. The molecule has 29 heavy (non-hydrogen) atoms. The van der Waals surface area contributed by atoms with Crippen molar-refractivity contribution < 1.29 is 19.4 Å². The number of hydrogen-bond donors (Lipinski definition) is 2. The zero-order valence-corrected chi connectivity index (χ0v) is 16.5. The number of carbonyl (C=O) groups excluding carboxylic acids is 1. The van der Waals surface area contributed by atoms with E-state index in [0.29, 0.717) is 4.90 Å². The molecule has 0 saturated carbocycles. The molecule has 1 aliphatic rings. The van der Waals surface area contributed by atoms with E-state index in [1.54, 1.807) is 12.1 Å². The first-order valence-corrected chi connectivity index (χ1v) is 10.3. The van der Waals surface area contributed by atoms with Gasteiger partial charge in [-0.3, -0.25) is 5.32 Å². The minimum absolute atomic E-state index is 0.0327. The number of aromatic carboxylic acids is 1. The number of anilines is 1. The van der Waals surface area contributed by atoms with Crippen molar-refractivity contribution in [3.8, 4) is 11.1 Å². The van der Waals surface area contributed by atoms with Crippen LogP contribution < -0.4 is 5.32 Å². The van der Waals surface area contributed by atoms with Gasteiger partial charge in [-0.2, -0.15) is 0 Å². The fourth-order valence-electron chi connectivity index (χ4n) is 3.74. The van der Waals surface area contributed by atoms with Gasteiger partial charge in [0.2, 0.25) is 0 Å².